The minimum Gasteiger partial charge on any atom is -0.497 e. The lowest BCUT2D eigenvalue weighted by Gasteiger charge is -2.26. The van der Waals surface area contributed by atoms with Gasteiger partial charge >= 0.3 is 12.2 Å². The Morgan fingerprint density at radius 3 is 1.81 bits per heavy atom. The van der Waals surface area contributed by atoms with Crippen molar-refractivity contribution in [3.8, 4) is 28.6 Å². The number of carbonyl (C=O) groups is 2. The number of nitrogens with one attached hydrogen (secondary N) is 2. The second-order valence-corrected chi connectivity index (χ2v) is 21.9. The Balaban J connectivity index is 1.33. The van der Waals surface area contributed by atoms with Crippen molar-refractivity contribution in [2.24, 2.45) is 0 Å². The third kappa shape index (κ3) is 12.9. The molecule has 0 radical (unpaired) electrons. The fraction of sp³-hybridized carbons (Fsp3) is 0.312. The number of alkyl carbamates (subject to hydrolysis) is 1. The summed E-state index contributed by atoms with van der Waals surface area (Å²) in [7, 11) is -5.24. The normalized spacial score (nSPS) is 15.1. The predicted molar refractivity (Wildman–Crippen MR) is 266 cm³/mol. The minimum absolute atomic E-state index is 0.0828. The van der Waals surface area contributed by atoms with Crippen LogP contribution in [0.2, 0.25) is 0 Å². The molecule has 6 aromatic rings. The van der Waals surface area contributed by atoms with E-state index in [4.69, 9.17) is 23.7 Å². The van der Waals surface area contributed by atoms with E-state index in [1.807, 2.05) is 40.8 Å². The third-order valence-corrected chi connectivity index (χ3v) is 15.4. The van der Waals surface area contributed by atoms with Crippen LogP contribution in [-0.2, 0) is 55.8 Å². The van der Waals surface area contributed by atoms with Gasteiger partial charge in [0.25, 0.3) is 0 Å². The number of aromatic nitrogens is 4. The highest BCUT2D eigenvalue weighted by Crippen LogP contribution is 2.38. The maximum Gasteiger partial charge on any atom is 0.410 e. The summed E-state index contributed by atoms with van der Waals surface area (Å²) in [4.78, 5) is 28.0. The fourth-order valence-corrected chi connectivity index (χ4v) is 12.0. The van der Waals surface area contributed by atoms with E-state index in [0.29, 0.717) is 37.5 Å². The zero-order valence-electron chi connectivity index (χ0n) is 39.2. The molecule has 2 amide bonds. The first-order chi connectivity index (χ1) is 33.3. The second-order valence-electron chi connectivity index (χ2n) is 17.1. The topological polar surface area (TPSA) is 223 Å². The summed E-state index contributed by atoms with van der Waals surface area (Å²) in [6.45, 7) is 4.25. The van der Waals surface area contributed by atoms with Gasteiger partial charge in [0.05, 0.1) is 45.5 Å². The molecule has 1 fully saturated rings. The molecule has 1 aromatic heterocycles. The van der Waals surface area contributed by atoms with Crippen molar-refractivity contribution < 1.29 is 50.1 Å². The average Bonchev–Trinajstić information content (AvgIpc) is 3.97. The van der Waals surface area contributed by atoms with Gasteiger partial charge in [0.15, 0.2) is 0 Å². The standard InChI is InChI=1S/C48H53IN8O11S2/c1-48(2,3)68-47(59)55-29-40(50-46(58)67-31-35-10-8-7-9-11-35)41(30-55)53-69(60,61)42-25-24-39(49)43(45-51-54-57(52-45)28-34-16-22-38(66-6)23-17-34)44(42)70(62,63)56(26-32-12-18-36(64-4)19-13-32)27-33-14-20-37(65-5)21-15-33/h7-25,40-41,53H,26-31H2,1-6H3,(H,50,58)/t40-,41-/m0/s1. The summed E-state index contributed by atoms with van der Waals surface area (Å²) in [5.41, 5.74) is 1.60. The molecule has 370 valence electrons. The van der Waals surface area contributed by atoms with Gasteiger partial charge in [-0.05, 0) is 119 Å². The van der Waals surface area contributed by atoms with Gasteiger partial charge in [0, 0.05) is 29.7 Å². The summed E-state index contributed by atoms with van der Waals surface area (Å²) < 4.78 is 93.2. The first-order valence-electron chi connectivity index (χ1n) is 21.8. The number of tetrazole rings is 1. The molecular weight excluding hydrogens is 1060 g/mol. The largest absolute Gasteiger partial charge is 0.497 e. The Morgan fingerprint density at radius 2 is 1.27 bits per heavy atom. The van der Waals surface area contributed by atoms with E-state index in [0.717, 1.165) is 5.56 Å². The van der Waals surface area contributed by atoms with Crippen LogP contribution in [-0.4, -0.2) is 111 Å². The molecule has 2 N–H and O–H groups in total. The maximum absolute atomic E-state index is 15.8. The number of ether oxygens (including phenoxy) is 5. The number of benzene rings is 5. The summed E-state index contributed by atoms with van der Waals surface area (Å²) in [5.74, 6) is 1.57. The lowest BCUT2D eigenvalue weighted by atomic mass is 10.2. The zero-order valence-corrected chi connectivity index (χ0v) is 43.0. The highest BCUT2D eigenvalue weighted by molar-refractivity contribution is 14.1. The average molecular weight is 1110 g/mol. The predicted octanol–water partition coefficient (Wildman–Crippen LogP) is 6.60. The number of halogens is 1. The van der Waals surface area contributed by atoms with Crippen molar-refractivity contribution in [3.63, 3.8) is 0 Å². The van der Waals surface area contributed by atoms with Gasteiger partial charge in [0.2, 0.25) is 25.9 Å². The monoisotopic (exact) mass is 1110 g/mol. The molecule has 0 bridgehead atoms. The Bertz CT molecular complexity index is 2940. The van der Waals surface area contributed by atoms with Crippen molar-refractivity contribution in [1.82, 2.24) is 39.5 Å². The molecule has 70 heavy (non-hydrogen) atoms. The van der Waals surface area contributed by atoms with Gasteiger partial charge < -0.3 is 33.9 Å². The van der Waals surface area contributed by atoms with Gasteiger partial charge in [-0.25, -0.2) is 31.1 Å². The van der Waals surface area contributed by atoms with E-state index in [1.54, 1.807) is 113 Å². The van der Waals surface area contributed by atoms with Crippen LogP contribution >= 0.6 is 22.6 Å². The molecule has 5 aromatic carbocycles. The number of methoxy groups -OCH3 is 3. The van der Waals surface area contributed by atoms with Crippen LogP contribution in [0.4, 0.5) is 9.59 Å². The molecule has 0 saturated carbocycles. The first kappa shape index (κ1) is 51.5. The second kappa shape index (κ2) is 22.2. The number of nitrogens with zero attached hydrogens (tertiary/aromatic N) is 6. The molecule has 1 aliphatic rings. The molecule has 0 aliphatic carbocycles. The minimum atomic E-state index is -4.92. The quantitative estimate of drug-likeness (QED) is 0.0866. The number of amides is 2. The Morgan fingerprint density at radius 1 is 0.729 bits per heavy atom. The Hall–Kier alpha value is -6.34. The van der Waals surface area contributed by atoms with E-state index in [-0.39, 0.29) is 50.7 Å². The fourth-order valence-electron chi connectivity index (χ4n) is 7.47. The molecule has 0 unspecified atom stereocenters. The molecule has 7 rings (SSSR count). The van der Waals surface area contributed by atoms with Crippen molar-refractivity contribution in [1.29, 1.82) is 0 Å². The van der Waals surface area contributed by atoms with Crippen molar-refractivity contribution >= 4 is 54.8 Å². The number of hydrogen-bond acceptors (Lipinski definition) is 14. The summed E-state index contributed by atoms with van der Waals surface area (Å²) in [6, 6.07) is 30.1. The highest BCUT2D eigenvalue weighted by Gasteiger charge is 2.43. The van der Waals surface area contributed by atoms with E-state index in [1.165, 1.54) is 40.4 Å². The van der Waals surface area contributed by atoms with Crippen LogP contribution in [0.25, 0.3) is 11.4 Å². The van der Waals surface area contributed by atoms with E-state index < -0.39 is 59.7 Å². The van der Waals surface area contributed by atoms with Crippen LogP contribution in [0.3, 0.4) is 0 Å². The van der Waals surface area contributed by atoms with Gasteiger partial charge in [-0.1, -0.05) is 66.7 Å². The molecule has 1 aliphatic heterocycles. The van der Waals surface area contributed by atoms with Crippen molar-refractivity contribution in [3.05, 3.63) is 141 Å². The van der Waals surface area contributed by atoms with Crippen molar-refractivity contribution in [2.75, 3.05) is 34.4 Å². The van der Waals surface area contributed by atoms with Crippen LogP contribution < -0.4 is 24.2 Å². The molecule has 2 atom stereocenters. The van der Waals surface area contributed by atoms with Crippen LogP contribution in [0.15, 0.2) is 125 Å². The van der Waals surface area contributed by atoms with Crippen LogP contribution in [0.1, 0.15) is 43.0 Å². The smallest absolute Gasteiger partial charge is 0.410 e. The summed E-state index contributed by atoms with van der Waals surface area (Å²) >= 11 is 1.92. The number of likely N-dealkylation sites (tertiary alicyclic amines) is 1. The van der Waals surface area contributed by atoms with Gasteiger partial charge in [-0.15, -0.1) is 10.2 Å². The molecule has 2 heterocycles. The number of hydrogen-bond donors (Lipinski definition) is 2. The summed E-state index contributed by atoms with van der Waals surface area (Å²) in [6.07, 6.45) is -1.63. The Labute approximate surface area is 420 Å². The highest BCUT2D eigenvalue weighted by atomic mass is 127. The summed E-state index contributed by atoms with van der Waals surface area (Å²) in [5, 5.41) is 15.8. The zero-order chi connectivity index (χ0) is 50.2. The van der Waals surface area contributed by atoms with Crippen LogP contribution in [0, 0.1) is 3.57 Å². The van der Waals surface area contributed by atoms with Gasteiger partial charge in [-0.2, -0.15) is 9.10 Å². The lowest BCUT2D eigenvalue weighted by Crippen LogP contribution is -2.51. The number of rotatable bonds is 18. The van der Waals surface area contributed by atoms with Gasteiger partial charge in [0.1, 0.15) is 39.2 Å². The number of carbonyl (C=O) groups excluding carboxylic acids is 2. The molecular formula is C48H53IN8O11S2. The van der Waals surface area contributed by atoms with E-state index >= 15 is 16.8 Å². The first-order valence-corrected chi connectivity index (χ1v) is 25.8. The number of sulfonamides is 2. The van der Waals surface area contributed by atoms with E-state index in [9.17, 15) is 9.59 Å². The van der Waals surface area contributed by atoms with Gasteiger partial charge in [-0.3, -0.25) is 0 Å². The van der Waals surface area contributed by atoms with Crippen LogP contribution in [0.5, 0.6) is 17.2 Å². The van der Waals surface area contributed by atoms with E-state index in [2.05, 4.69) is 25.4 Å². The molecule has 1 saturated heterocycles. The molecule has 0 spiro atoms. The third-order valence-electron chi connectivity index (χ3n) is 10.9. The molecule has 22 heteroatoms. The lowest BCUT2D eigenvalue weighted by molar-refractivity contribution is 0.0287. The molecule has 19 nitrogen and oxygen atoms in total. The Kier molecular flexibility index (Phi) is 16.3. The maximum atomic E-state index is 15.8. The van der Waals surface area contributed by atoms with Crippen molar-refractivity contribution in [2.45, 2.75) is 74.5 Å². The SMILES string of the molecule is COc1ccc(CN(Cc2ccc(OC)cc2)S(=O)(=O)c2c(S(=O)(=O)N[C@H]3CN(C(=O)OC(C)(C)C)C[C@@H]3NC(=O)OCc3ccccc3)ccc(I)c2-c2nnn(Cc3ccc(OC)cc3)n2)cc1.